The minimum atomic E-state index is -3.57. The van der Waals surface area contributed by atoms with Crippen LogP contribution >= 0.6 is 15.9 Å². The van der Waals surface area contributed by atoms with Gasteiger partial charge in [-0.15, -0.1) is 0 Å². The van der Waals surface area contributed by atoms with Crippen molar-refractivity contribution in [3.05, 3.63) is 64.5 Å². The Hall–Kier alpha value is -2.03. The third-order valence-electron chi connectivity index (χ3n) is 4.95. The predicted octanol–water partition coefficient (Wildman–Crippen LogP) is 3.56. The van der Waals surface area contributed by atoms with Gasteiger partial charge in [-0.2, -0.15) is 5.10 Å². The van der Waals surface area contributed by atoms with Crippen molar-refractivity contribution >= 4 is 26.0 Å². The van der Waals surface area contributed by atoms with E-state index in [1.54, 1.807) is 36.7 Å². The molecule has 1 aliphatic rings. The summed E-state index contributed by atoms with van der Waals surface area (Å²) in [6.07, 6.45) is 7.83. The summed E-state index contributed by atoms with van der Waals surface area (Å²) in [6.45, 7) is 0.782. The van der Waals surface area contributed by atoms with E-state index < -0.39 is 10.0 Å². The van der Waals surface area contributed by atoms with Crippen molar-refractivity contribution in [1.29, 1.82) is 0 Å². The molecule has 0 saturated heterocycles. The fourth-order valence-corrected chi connectivity index (χ4v) is 5.65. The van der Waals surface area contributed by atoms with Crippen LogP contribution in [0.5, 0.6) is 0 Å². The third kappa shape index (κ3) is 3.90. The van der Waals surface area contributed by atoms with Gasteiger partial charge in [0.25, 0.3) is 0 Å². The quantitative estimate of drug-likeness (QED) is 0.609. The first kappa shape index (κ1) is 19.3. The van der Waals surface area contributed by atoms with Gasteiger partial charge in [0.1, 0.15) is 0 Å². The van der Waals surface area contributed by atoms with Crippen LogP contribution in [0.2, 0.25) is 0 Å². The Morgan fingerprint density at radius 1 is 1.07 bits per heavy atom. The number of nitrogens with one attached hydrogen (secondary N) is 1. The summed E-state index contributed by atoms with van der Waals surface area (Å²) >= 11 is 3.31. The molecule has 6 nitrogen and oxygen atoms in total. The van der Waals surface area contributed by atoms with E-state index in [0.717, 1.165) is 36.9 Å². The summed E-state index contributed by atoms with van der Waals surface area (Å²) in [7, 11) is -3.57. The molecule has 2 heterocycles. The lowest BCUT2D eigenvalue weighted by atomic mass is 9.94. The minimum Gasteiger partial charge on any atom is -0.267 e. The van der Waals surface area contributed by atoms with Gasteiger partial charge in [0.2, 0.25) is 10.0 Å². The normalized spacial score (nSPS) is 14.0. The van der Waals surface area contributed by atoms with Gasteiger partial charge in [-0.25, -0.2) is 13.1 Å². The van der Waals surface area contributed by atoms with E-state index in [2.05, 4.69) is 25.6 Å². The van der Waals surface area contributed by atoms with Crippen LogP contribution in [0.4, 0.5) is 0 Å². The summed E-state index contributed by atoms with van der Waals surface area (Å²) in [5, 5.41) is 4.82. The topological polar surface area (TPSA) is 76.9 Å². The first-order chi connectivity index (χ1) is 13.6. The van der Waals surface area contributed by atoms with Crippen LogP contribution < -0.4 is 4.72 Å². The molecule has 0 fully saturated rings. The maximum absolute atomic E-state index is 12.6. The van der Waals surface area contributed by atoms with E-state index in [4.69, 9.17) is 5.10 Å². The van der Waals surface area contributed by atoms with Gasteiger partial charge in [0, 0.05) is 40.2 Å². The number of benzene rings is 1. The van der Waals surface area contributed by atoms with Gasteiger partial charge in [-0.1, -0.05) is 12.1 Å². The number of hydrogen-bond donors (Lipinski definition) is 1. The Kier molecular flexibility index (Phi) is 5.61. The molecule has 28 heavy (non-hydrogen) atoms. The molecule has 1 aromatic carbocycles. The molecular weight excluding hydrogens is 440 g/mol. The van der Waals surface area contributed by atoms with Crippen LogP contribution in [-0.4, -0.2) is 29.7 Å². The summed E-state index contributed by atoms with van der Waals surface area (Å²) in [4.78, 5) is 4.33. The Labute approximate surface area is 173 Å². The van der Waals surface area contributed by atoms with Crippen molar-refractivity contribution in [1.82, 2.24) is 19.5 Å². The SMILES string of the molecule is O=S(=O)(NCCn1nc(-c2ccncc2)c2c1CCCC2)c1ccccc1Br. The Balaban J connectivity index is 1.54. The zero-order valence-corrected chi connectivity index (χ0v) is 17.7. The van der Waals surface area contributed by atoms with Gasteiger partial charge in [-0.3, -0.25) is 9.67 Å². The fourth-order valence-electron chi connectivity index (χ4n) is 3.62. The number of rotatable bonds is 6. The van der Waals surface area contributed by atoms with Gasteiger partial charge < -0.3 is 0 Å². The van der Waals surface area contributed by atoms with E-state index in [1.165, 1.54) is 11.3 Å². The summed E-state index contributed by atoms with van der Waals surface area (Å²) < 4.78 is 30.4. The van der Waals surface area contributed by atoms with E-state index in [9.17, 15) is 8.42 Å². The zero-order valence-electron chi connectivity index (χ0n) is 15.3. The number of aromatic nitrogens is 3. The molecule has 1 aliphatic carbocycles. The molecule has 146 valence electrons. The molecule has 0 unspecified atom stereocenters. The van der Waals surface area contributed by atoms with Crippen molar-refractivity contribution in [2.24, 2.45) is 0 Å². The van der Waals surface area contributed by atoms with Crippen LogP contribution in [0.15, 0.2) is 58.2 Å². The highest BCUT2D eigenvalue weighted by Crippen LogP contribution is 2.31. The minimum absolute atomic E-state index is 0.245. The molecule has 0 bridgehead atoms. The van der Waals surface area contributed by atoms with Gasteiger partial charge >= 0.3 is 0 Å². The van der Waals surface area contributed by atoms with Crippen molar-refractivity contribution < 1.29 is 8.42 Å². The Morgan fingerprint density at radius 3 is 2.61 bits per heavy atom. The van der Waals surface area contributed by atoms with Crippen molar-refractivity contribution in [3.63, 3.8) is 0 Å². The zero-order chi connectivity index (χ0) is 19.6. The second-order valence-corrected chi connectivity index (χ2v) is 9.36. The summed E-state index contributed by atoms with van der Waals surface area (Å²) in [6, 6.07) is 10.8. The molecule has 2 aromatic heterocycles. The van der Waals surface area contributed by atoms with E-state index in [0.29, 0.717) is 11.0 Å². The number of hydrogen-bond acceptors (Lipinski definition) is 4. The average Bonchev–Trinajstić information content (AvgIpc) is 3.08. The highest BCUT2D eigenvalue weighted by Gasteiger charge is 2.22. The van der Waals surface area contributed by atoms with Gasteiger partial charge in [0.05, 0.1) is 17.1 Å². The van der Waals surface area contributed by atoms with Crippen LogP contribution in [-0.2, 0) is 29.4 Å². The Bertz CT molecular complexity index is 1080. The molecule has 0 radical (unpaired) electrons. The molecule has 0 saturated carbocycles. The second-order valence-electron chi connectivity index (χ2n) is 6.77. The molecule has 0 atom stereocenters. The lowest BCUT2D eigenvalue weighted by Crippen LogP contribution is -2.28. The third-order valence-corrected chi connectivity index (χ3v) is 7.43. The molecule has 3 aromatic rings. The molecule has 0 aliphatic heterocycles. The molecule has 8 heteroatoms. The molecule has 0 amide bonds. The van der Waals surface area contributed by atoms with Crippen LogP contribution in [0.3, 0.4) is 0 Å². The Morgan fingerprint density at radius 2 is 1.82 bits per heavy atom. The second kappa shape index (κ2) is 8.14. The van der Waals surface area contributed by atoms with Gasteiger partial charge in [-0.05, 0) is 65.9 Å². The van der Waals surface area contributed by atoms with E-state index >= 15 is 0 Å². The number of halogens is 1. The molecular formula is C20H21BrN4O2S. The standard InChI is InChI=1S/C20H21BrN4O2S/c21-17-6-2-4-8-19(17)28(26,27)23-13-14-25-18-7-3-1-5-16(18)20(24-25)15-9-11-22-12-10-15/h2,4,6,8-12,23H,1,3,5,7,13-14H2. The van der Waals surface area contributed by atoms with Crippen LogP contribution in [0, 0.1) is 0 Å². The van der Waals surface area contributed by atoms with E-state index in [-0.39, 0.29) is 11.4 Å². The summed E-state index contributed by atoms with van der Waals surface area (Å²) in [5.41, 5.74) is 4.55. The fraction of sp³-hybridized carbons (Fsp3) is 0.300. The highest BCUT2D eigenvalue weighted by atomic mass is 79.9. The average molecular weight is 461 g/mol. The monoisotopic (exact) mass is 460 g/mol. The number of fused-ring (bicyclic) bond motifs is 1. The lowest BCUT2D eigenvalue weighted by Gasteiger charge is -2.15. The van der Waals surface area contributed by atoms with Crippen LogP contribution in [0.25, 0.3) is 11.3 Å². The first-order valence-corrected chi connectivity index (χ1v) is 11.6. The van der Waals surface area contributed by atoms with Crippen LogP contribution in [0.1, 0.15) is 24.1 Å². The maximum atomic E-state index is 12.6. The van der Waals surface area contributed by atoms with Crippen molar-refractivity contribution in [2.75, 3.05) is 6.54 Å². The first-order valence-electron chi connectivity index (χ1n) is 9.29. The van der Waals surface area contributed by atoms with Gasteiger partial charge in [0.15, 0.2) is 0 Å². The lowest BCUT2D eigenvalue weighted by molar-refractivity contribution is 0.538. The number of sulfonamides is 1. The summed E-state index contributed by atoms with van der Waals surface area (Å²) in [5.74, 6) is 0. The maximum Gasteiger partial charge on any atom is 0.241 e. The van der Waals surface area contributed by atoms with Crippen molar-refractivity contribution in [2.45, 2.75) is 37.1 Å². The molecule has 1 N–H and O–H groups in total. The largest absolute Gasteiger partial charge is 0.267 e. The molecule has 4 rings (SSSR count). The smallest absolute Gasteiger partial charge is 0.241 e. The highest BCUT2D eigenvalue weighted by molar-refractivity contribution is 9.10. The number of nitrogens with zero attached hydrogens (tertiary/aromatic N) is 3. The van der Waals surface area contributed by atoms with Crippen molar-refractivity contribution in [3.8, 4) is 11.3 Å². The number of pyridine rings is 1. The van der Waals surface area contributed by atoms with E-state index in [1.807, 2.05) is 16.8 Å². The molecule has 0 spiro atoms. The predicted molar refractivity (Wildman–Crippen MR) is 111 cm³/mol.